The molecule has 3 N–H and O–H groups in total. The van der Waals surface area contributed by atoms with Gasteiger partial charge in [0.1, 0.15) is 0 Å². The van der Waals surface area contributed by atoms with Crippen molar-refractivity contribution in [1.29, 1.82) is 0 Å². The fraction of sp³-hybridized carbons (Fsp3) is 0.867. The van der Waals surface area contributed by atoms with Gasteiger partial charge in [-0.15, -0.1) is 0 Å². The molecule has 5 nitrogen and oxygen atoms in total. The number of hydrogen-bond donors (Lipinski definition) is 2. The van der Waals surface area contributed by atoms with Gasteiger partial charge in [-0.2, -0.15) is 0 Å². The van der Waals surface area contributed by atoms with Crippen molar-refractivity contribution in [2.24, 2.45) is 17.1 Å². The molecule has 1 aliphatic heterocycles. The quantitative estimate of drug-likeness (QED) is 0.806. The average molecular weight is 281 g/mol. The van der Waals surface area contributed by atoms with Crippen molar-refractivity contribution in [1.82, 2.24) is 10.2 Å². The van der Waals surface area contributed by atoms with Crippen molar-refractivity contribution in [2.45, 2.75) is 51.5 Å². The maximum Gasteiger partial charge on any atom is 0.227 e. The Morgan fingerprint density at radius 1 is 1.35 bits per heavy atom. The molecule has 0 aromatic heterocycles. The molecule has 1 saturated heterocycles. The topological polar surface area (TPSA) is 75.4 Å². The third kappa shape index (κ3) is 3.14. The van der Waals surface area contributed by atoms with Gasteiger partial charge in [0.05, 0.1) is 5.41 Å². The molecular weight excluding hydrogens is 254 g/mol. The van der Waals surface area contributed by atoms with Crippen LogP contribution >= 0.6 is 0 Å². The first-order valence-corrected chi connectivity index (χ1v) is 7.72. The second-order valence-corrected chi connectivity index (χ2v) is 6.62. The Kier molecular flexibility index (Phi) is 4.68. The highest BCUT2D eigenvalue weighted by atomic mass is 16.2. The first kappa shape index (κ1) is 15.3. The van der Waals surface area contributed by atoms with Crippen LogP contribution in [0.3, 0.4) is 0 Å². The number of amides is 2. The summed E-state index contributed by atoms with van der Waals surface area (Å²) >= 11 is 0. The minimum absolute atomic E-state index is 0.0298. The monoisotopic (exact) mass is 281 g/mol. The van der Waals surface area contributed by atoms with Crippen LogP contribution in [0.25, 0.3) is 0 Å². The van der Waals surface area contributed by atoms with Gasteiger partial charge in [0.25, 0.3) is 0 Å². The maximum absolute atomic E-state index is 12.4. The van der Waals surface area contributed by atoms with Crippen molar-refractivity contribution in [3.05, 3.63) is 0 Å². The molecule has 20 heavy (non-hydrogen) atoms. The molecule has 2 aliphatic rings. The summed E-state index contributed by atoms with van der Waals surface area (Å²) in [5, 5.41) is 2.70. The van der Waals surface area contributed by atoms with Gasteiger partial charge in [0.2, 0.25) is 11.8 Å². The van der Waals surface area contributed by atoms with Crippen molar-refractivity contribution in [2.75, 3.05) is 20.1 Å². The van der Waals surface area contributed by atoms with Crippen LogP contribution in [0.1, 0.15) is 45.4 Å². The van der Waals surface area contributed by atoms with Gasteiger partial charge in [0, 0.05) is 32.6 Å². The first-order chi connectivity index (χ1) is 9.46. The van der Waals surface area contributed by atoms with Crippen molar-refractivity contribution in [3.8, 4) is 0 Å². The molecule has 1 saturated carbocycles. The molecule has 1 heterocycles. The lowest BCUT2D eigenvalue weighted by atomic mass is 9.82. The zero-order valence-corrected chi connectivity index (χ0v) is 12.7. The van der Waals surface area contributed by atoms with Crippen molar-refractivity contribution < 1.29 is 9.59 Å². The largest absolute Gasteiger partial charge is 0.359 e. The van der Waals surface area contributed by atoms with E-state index in [4.69, 9.17) is 5.73 Å². The SMILES string of the molecule is CNC(=O)C1(C)CCN(C(=O)CC2CCCCC2N)C1. The van der Waals surface area contributed by atoms with E-state index in [1.165, 1.54) is 12.8 Å². The lowest BCUT2D eigenvalue weighted by Crippen LogP contribution is -2.42. The third-order valence-electron chi connectivity index (χ3n) is 5.01. The Balaban J connectivity index is 1.89. The molecule has 2 rings (SSSR count). The highest BCUT2D eigenvalue weighted by Crippen LogP contribution is 2.32. The van der Waals surface area contributed by atoms with Crippen LogP contribution < -0.4 is 11.1 Å². The first-order valence-electron chi connectivity index (χ1n) is 7.72. The molecular formula is C15H27N3O2. The summed E-state index contributed by atoms with van der Waals surface area (Å²) in [4.78, 5) is 26.1. The van der Waals surface area contributed by atoms with Crippen molar-refractivity contribution in [3.63, 3.8) is 0 Å². The van der Waals surface area contributed by atoms with Crippen LogP contribution in [-0.2, 0) is 9.59 Å². The third-order valence-corrected chi connectivity index (χ3v) is 5.01. The van der Waals surface area contributed by atoms with E-state index in [-0.39, 0.29) is 17.9 Å². The number of rotatable bonds is 3. The Labute approximate surface area is 121 Å². The Morgan fingerprint density at radius 3 is 2.70 bits per heavy atom. The molecule has 3 atom stereocenters. The molecule has 0 bridgehead atoms. The smallest absolute Gasteiger partial charge is 0.227 e. The molecule has 2 amide bonds. The highest BCUT2D eigenvalue weighted by molar-refractivity contribution is 5.84. The van der Waals surface area contributed by atoms with Gasteiger partial charge < -0.3 is 16.0 Å². The fourth-order valence-electron chi connectivity index (χ4n) is 3.50. The summed E-state index contributed by atoms with van der Waals surface area (Å²) in [6.45, 7) is 3.16. The summed E-state index contributed by atoms with van der Waals surface area (Å²) < 4.78 is 0. The molecule has 114 valence electrons. The van der Waals surface area contributed by atoms with Crippen LogP contribution in [0.15, 0.2) is 0 Å². The second-order valence-electron chi connectivity index (χ2n) is 6.62. The number of nitrogens with zero attached hydrogens (tertiary/aromatic N) is 1. The number of likely N-dealkylation sites (tertiary alicyclic amines) is 1. The van der Waals surface area contributed by atoms with Crippen LogP contribution in [0.5, 0.6) is 0 Å². The summed E-state index contributed by atoms with van der Waals surface area (Å²) in [7, 11) is 1.65. The summed E-state index contributed by atoms with van der Waals surface area (Å²) in [5.41, 5.74) is 5.68. The molecule has 0 radical (unpaired) electrons. The molecule has 3 unspecified atom stereocenters. The van der Waals surface area contributed by atoms with Crippen LogP contribution in [-0.4, -0.2) is 42.9 Å². The number of carbonyl (C=O) groups is 2. The van der Waals surface area contributed by atoms with E-state index >= 15 is 0 Å². The predicted molar refractivity (Wildman–Crippen MR) is 77.9 cm³/mol. The number of carbonyl (C=O) groups excluding carboxylic acids is 2. The van der Waals surface area contributed by atoms with Gasteiger partial charge in [0.15, 0.2) is 0 Å². The summed E-state index contributed by atoms with van der Waals surface area (Å²) in [5.74, 6) is 0.519. The van der Waals surface area contributed by atoms with Gasteiger partial charge in [-0.05, 0) is 32.1 Å². The lowest BCUT2D eigenvalue weighted by Gasteiger charge is -2.30. The number of nitrogens with two attached hydrogens (primary N) is 1. The maximum atomic E-state index is 12.4. The molecule has 5 heteroatoms. The minimum Gasteiger partial charge on any atom is -0.359 e. The van der Waals surface area contributed by atoms with Gasteiger partial charge in [-0.1, -0.05) is 12.8 Å². The van der Waals surface area contributed by atoms with Crippen LogP contribution in [0, 0.1) is 11.3 Å². The predicted octanol–water partition coefficient (Wildman–Crippen LogP) is 0.879. The second kappa shape index (κ2) is 6.12. The fourth-order valence-corrected chi connectivity index (χ4v) is 3.50. The summed E-state index contributed by atoms with van der Waals surface area (Å²) in [6, 6.07) is 0.167. The van der Waals surface area contributed by atoms with E-state index in [0.29, 0.717) is 25.4 Å². The Hall–Kier alpha value is -1.10. The minimum atomic E-state index is -0.431. The van der Waals surface area contributed by atoms with Gasteiger partial charge in [-0.3, -0.25) is 9.59 Å². The van der Waals surface area contributed by atoms with Gasteiger partial charge >= 0.3 is 0 Å². The van der Waals surface area contributed by atoms with E-state index in [0.717, 1.165) is 19.3 Å². The number of hydrogen-bond acceptors (Lipinski definition) is 3. The zero-order chi connectivity index (χ0) is 14.8. The average Bonchev–Trinajstić information content (AvgIpc) is 2.84. The number of nitrogens with one attached hydrogen (secondary N) is 1. The zero-order valence-electron chi connectivity index (χ0n) is 12.7. The van der Waals surface area contributed by atoms with E-state index in [9.17, 15) is 9.59 Å². The van der Waals surface area contributed by atoms with Gasteiger partial charge in [-0.25, -0.2) is 0 Å². The molecule has 2 fully saturated rings. The summed E-state index contributed by atoms with van der Waals surface area (Å²) in [6.07, 6.45) is 5.76. The highest BCUT2D eigenvalue weighted by Gasteiger charge is 2.41. The van der Waals surface area contributed by atoms with Crippen LogP contribution in [0.2, 0.25) is 0 Å². The van der Waals surface area contributed by atoms with E-state index in [2.05, 4.69) is 5.32 Å². The van der Waals surface area contributed by atoms with E-state index < -0.39 is 5.41 Å². The standard InChI is InChI=1S/C15H27N3O2/c1-15(14(20)17-2)7-8-18(10-15)13(19)9-11-5-3-4-6-12(11)16/h11-12H,3-10,16H2,1-2H3,(H,17,20). The van der Waals surface area contributed by atoms with Crippen molar-refractivity contribution >= 4 is 11.8 Å². The Morgan fingerprint density at radius 2 is 2.05 bits per heavy atom. The lowest BCUT2D eigenvalue weighted by molar-refractivity contribution is -0.133. The molecule has 0 aromatic rings. The molecule has 1 aliphatic carbocycles. The van der Waals surface area contributed by atoms with E-state index in [1.54, 1.807) is 7.05 Å². The molecule has 0 aromatic carbocycles. The Bertz CT molecular complexity index is 385. The normalized spacial score (nSPS) is 34.0. The van der Waals surface area contributed by atoms with E-state index in [1.807, 2.05) is 11.8 Å². The van der Waals surface area contributed by atoms with Crippen LogP contribution in [0.4, 0.5) is 0 Å². The molecule has 0 spiro atoms.